The highest BCUT2D eigenvalue weighted by Gasteiger charge is 2.26. The van der Waals surface area contributed by atoms with E-state index in [1.807, 2.05) is 31.2 Å². The molecule has 0 atom stereocenters. The van der Waals surface area contributed by atoms with Crippen molar-refractivity contribution in [2.45, 2.75) is 26.8 Å². The van der Waals surface area contributed by atoms with Gasteiger partial charge in [0.25, 0.3) is 5.91 Å². The molecule has 0 aliphatic carbocycles. The molecule has 0 radical (unpaired) electrons. The molecule has 0 saturated heterocycles. The van der Waals surface area contributed by atoms with Crippen molar-refractivity contribution in [2.24, 2.45) is 0 Å². The predicted molar refractivity (Wildman–Crippen MR) is 101 cm³/mol. The summed E-state index contributed by atoms with van der Waals surface area (Å²) in [6.07, 6.45) is 0.719. The number of hydrogen-bond donors (Lipinski definition) is 1. The highest BCUT2D eigenvalue weighted by Crippen LogP contribution is 2.25. The van der Waals surface area contributed by atoms with E-state index in [0.717, 1.165) is 40.6 Å². The molecule has 1 aliphatic rings. The lowest BCUT2D eigenvalue weighted by Gasteiger charge is -2.26. The molecule has 27 heavy (non-hydrogen) atoms. The number of fused-ring (bicyclic) bond motifs is 1. The summed E-state index contributed by atoms with van der Waals surface area (Å²) in [6, 6.07) is 9.50. The van der Waals surface area contributed by atoms with Gasteiger partial charge in [-0.25, -0.2) is 15.0 Å². The summed E-state index contributed by atoms with van der Waals surface area (Å²) < 4.78 is 5.20. The number of nitrogens with one attached hydrogen (secondary N) is 1. The zero-order valence-corrected chi connectivity index (χ0v) is 15.6. The van der Waals surface area contributed by atoms with Crippen LogP contribution in [0.1, 0.15) is 33.4 Å². The van der Waals surface area contributed by atoms with E-state index >= 15 is 0 Å². The van der Waals surface area contributed by atoms with Crippen molar-refractivity contribution in [3.63, 3.8) is 0 Å². The number of aromatic nitrogens is 4. The first-order chi connectivity index (χ1) is 13.0. The standard InChI is InChI=1S/C20H21N5O2/c1-12-10-17(22-13(2)21-12)20(26)25-9-8-16-18(11-25)24-19(23-16)14-4-6-15(27-3)7-5-14/h4-7,10H,8-9,11H2,1-3H3,(H,23,24). The van der Waals surface area contributed by atoms with E-state index in [0.29, 0.717) is 24.6 Å². The number of amides is 1. The summed E-state index contributed by atoms with van der Waals surface area (Å²) in [5.41, 5.74) is 4.22. The number of benzene rings is 1. The van der Waals surface area contributed by atoms with Crippen molar-refractivity contribution < 1.29 is 9.53 Å². The second-order valence-electron chi connectivity index (χ2n) is 6.66. The number of imidazole rings is 1. The van der Waals surface area contributed by atoms with E-state index in [1.165, 1.54) is 0 Å². The lowest BCUT2D eigenvalue weighted by molar-refractivity contribution is 0.0725. The molecule has 4 rings (SSSR count). The number of H-pyrrole nitrogens is 1. The molecule has 1 amide bonds. The number of nitrogens with zero attached hydrogens (tertiary/aromatic N) is 4. The molecular weight excluding hydrogens is 342 g/mol. The average molecular weight is 363 g/mol. The predicted octanol–water partition coefficient (Wildman–Crippen LogP) is 2.69. The number of carbonyl (C=O) groups is 1. The summed E-state index contributed by atoms with van der Waals surface area (Å²) in [5.74, 6) is 2.15. The van der Waals surface area contributed by atoms with Crippen LogP contribution in [0.2, 0.25) is 0 Å². The number of carbonyl (C=O) groups excluding carboxylic acids is 1. The number of hydrogen-bond acceptors (Lipinski definition) is 5. The van der Waals surface area contributed by atoms with Gasteiger partial charge in [-0.2, -0.15) is 0 Å². The van der Waals surface area contributed by atoms with Crippen molar-refractivity contribution >= 4 is 5.91 Å². The van der Waals surface area contributed by atoms with Gasteiger partial charge in [0.1, 0.15) is 23.1 Å². The molecule has 1 aliphatic heterocycles. The van der Waals surface area contributed by atoms with E-state index in [-0.39, 0.29) is 5.91 Å². The van der Waals surface area contributed by atoms with E-state index in [4.69, 9.17) is 9.72 Å². The van der Waals surface area contributed by atoms with E-state index in [1.54, 1.807) is 25.0 Å². The Labute approximate surface area is 157 Å². The maximum absolute atomic E-state index is 12.8. The maximum atomic E-state index is 12.8. The van der Waals surface area contributed by atoms with Gasteiger partial charge in [0.15, 0.2) is 0 Å². The monoisotopic (exact) mass is 363 g/mol. The molecule has 0 bridgehead atoms. The molecule has 7 heteroatoms. The first kappa shape index (κ1) is 17.2. The van der Waals surface area contributed by atoms with Crippen LogP contribution in [0.25, 0.3) is 11.4 Å². The minimum absolute atomic E-state index is 0.0742. The molecular formula is C20H21N5O2. The smallest absolute Gasteiger partial charge is 0.272 e. The Hall–Kier alpha value is -3.22. The number of aromatic amines is 1. The Morgan fingerprint density at radius 2 is 1.93 bits per heavy atom. The van der Waals surface area contributed by atoms with E-state index in [9.17, 15) is 4.79 Å². The van der Waals surface area contributed by atoms with Crippen LogP contribution in [0.4, 0.5) is 0 Å². The summed E-state index contributed by atoms with van der Waals surface area (Å²) >= 11 is 0. The molecule has 138 valence electrons. The fourth-order valence-electron chi connectivity index (χ4n) is 3.34. The summed E-state index contributed by atoms with van der Waals surface area (Å²) in [7, 11) is 1.65. The third kappa shape index (κ3) is 3.40. The van der Waals surface area contributed by atoms with Gasteiger partial charge in [-0.1, -0.05) is 0 Å². The zero-order valence-electron chi connectivity index (χ0n) is 15.6. The largest absolute Gasteiger partial charge is 0.497 e. The Balaban J connectivity index is 1.56. The molecule has 0 unspecified atom stereocenters. The zero-order chi connectivity index (χ0) is 19.0. The van der Waals surface area contributed by atoms with Gasteiger partial charge in [0.05, 0.1) is 25.0 Å². The van der Waals surface area contributed by atoms with Crippen LogP contribution in [-0.4, -0.2) is 44.4 Å². The molecule has 0 saturated carbocycles. The van der Waals surface area contributed by atoms with E-state index in [2.05, 4.69) is 15.0 Å². The van der Waals surface area contributed by atoms with Crippen molar-refractivity contribution in [3.05, 3.63) is 58.9 Å². The van der Waals surface area contributed by atoms with Crippen LogP contribution in [0.5, 0.6) is 5.75 Å². The number of rotatable bonds is 3. The van der Waals surface area contributed by atoms with Gasteiger partial charge < -0.3 is 14.6 Å². The van der Waals surface area contributed by atoms with Crippen LogP contribution in [0.15, 0.2) is 30.3 Å². The maximum Gasteiger partial charge on any atom is 0.272 e. The second-order valence-corrected chi connectivity index (χ2v) is 6.66. The number of methoxy groups -OCH3 is 1. The Morgan fingerprint density at radius 3 is 2.63 bits per heavy atom. The van der Waals surface area contributed by atoms with Gasteiger partial charge >= 0.3 is 0 Å². The molecule has 0 fully saturated rings. The van der Waals surface area contributed by atoms with Crippen molar-refractivity contribution in [3.8, 4) is 17.1 Å². The Kier molecular flexibility index (Phi) is 4.35. The summed E-state index contributed by atoms with van der Waals surface area (Å²) in [4.78, 5) is 31.3. The number of aryl methyl sites for hydroxylation is 2. The highest BCUT2D eigenvalue weighted by molar-refractivity contribution is 5.92. The Bertz CT molecular complexity index is 974. The molecule has 1 aromatic carbocycles. The van der Waals surface area contributed by atoms with Crippen molar-refractivity contribution in [1.82, 2.24) is 24.8 Å². The fraction of sp³-hybridized carbons (Fsp3) is 0.300. The van der Waals surface area contributed by atoms with Crippen LogP contribution in [0, 0.1) is 13.8 Å². The van der Waals surface area contributed by atoms with Gasteiger partial charge in [-0.3, -0.25) is 4.79 Å². The minimum atomic E-state index is -0.0742. The third-order valence-corrected chi connectivity index (χ3v) is 4.67. The van der Waals surface area contributed by atoms with Crippen LogP contribution in [-0.2, 0) is 13.0 Å². The molecule has 0 spiro atoms. The number of ether oxygens (including phenoxy) is 1. The lowest BCUT2D eigenvalue weighted by Crippen LogP contribution is -2.36. The van der Waals surface area contributed by atoms with Crippen LogP contribution < -0.4 is 4.74 Å². The van der Waals surface area contributed by atoms with E-state index < -0.39 is 0 Å². The molecule has 3 heterocycles. The average Bonchev–Trinajstić information content (AvgIpc) is 3.10. The van der Waals surface area contributed by atoms with Crippen molar-refractivity contribution in [1.29, 1.82) is 0 Å². The summed E-state index contributed by atoms with van der Waals surface area (Å²) in [6.45, 7) is 4.80. The highest BCUT2D eigenvalue weighted by atomic mass is 16.5. The lowest BCUT2D eigenvalue weighted by atomic mass is 10.1. The molecule has 7 nitrogen and oxygen atoms in total. The minimum Gasteiger partial charge on any atom is -0.497 e. The normalized spacial score (nSPS) is 13.4. The molecule has 2 aromatic heterocycles. The van der Waals surface area contributed by atoms with Gasteiger partial charge in [-0.15, -0.1) is 0 Å². The summed E-state index contributed by atoms with van der Waals surface area (Å²) in [5, 5.41) is 0. The van der Waals surface area contributed by atoms with Crippen LogP contribution in [0.3, 0.4) is 0 Å². The van der Waals surface area contributed by atoms with Crippen LogP contribution >= 0.6 is 0 Å². The Morgan fingerprint density at radius 1 is 1.15 bits per heavy atom. The quantitative estimate of drug-likeness (QED) is 0.773. The molecule has 1 N–H and O–H groups in total. The SMILES string of the molecule is COc1ccc(-c2nc3c([nH]2)CN(C(=O)c2cc(C)nc(C)n2)CC3)cc1. The first-order valence-electron chi connectivity index (χ1n) is 8.87. The first-order valence-corrected chi connectivity index (χ1v) is 8.87. The van der Waals surface area contributed by atoms with Gasteiger partial charge in [-0.05, 0) is 44.2 Å². The second kappa shape index (κ2) is 6.83. The third-order valence-electron chi connectivity index (χ3n) is 4.67. The fourth-order valence-corrected chi connectivity index (χ4v) is 3.34. The molecule has 3 aromatic rings. The van der Waals surface area contributed by atoms with Gasteiger partial charge in [0.2, 0.25) is 0 Å². The van der Waals surface area contributed by atoms with Gasteiger partial charge in [0, 0.05) is 24.2 Å². The van der Waals surface area contributed by atoms with Crippen molar-refractivity contribution in [2.75, 3.05) is 13.7 Å². The topological polar surface area (TPSA) is 84.0 Å².